The minimum atomic E-state index is -0.436. The maximum absolute atomic E-state index is 13.5. The molecule has 3 amide bonds. The monoisotopic (exact) mass is 454 g/mol. The number of carbonyl (C=O) groups excluding carboxylic acids is 3. The number of hydrogen-bond acceptors (Lipinski definition) is 4. The summed E-state index contributed by atoms with van der Waals surface area (Å²) in [6, 6.07) is 11.1. The summed E-state index contributed by atoms with van der Waals surface area (Å²) in [4.78, 5) is 43.4. The van der Waals surface area contributed by atoms with Gasteiger partial charge in [0, 0.05) is 62.6 Å². The largest absolute Gasteiger partial charge is 0.367 e. The van der Waals surface area contributed by atoms with Crippen LogP contribution in [0.15, 0.2) is 42.5 Å². The van der Waals surface area contributed by atoms with Crippen molar-refractivity contribution in [1.82, 2.24) is 9.80 Å². The summed E-state index contributed by atoms with van der Waals surface area (Å²) >= 11 is 0. The van der Waals surface area contributed by atoms with Gasteiger partial charge in [-0.1, -0.05) is 13.0 Å². The van der Waals surface area contributed by atoms with Gasteiger partial charge in [-0.3, -0.25) is 14.4 Å². The summed E-state index contributed by atoms with van der Waals surface area (Å²) in [5.41, 5.74) is 2.22. The minimum absolute atomic E-state index is 0.0964. The molecule has 3 rings (SSSR count). The Hall–Kier alpha value is -3.42. The van der Waals surface area contributed by atoms with Crippen LogP contribution in [0.1, 0.15) is 47.9 Å². The van der Waals surface area contributed by atoms with E-state index in [9.17, 15) is 18.8 Å². The Balaban J connectivity index is 1.81. The van der Waals surface area contributed by atoms with E-state index in [0.29, 0.717) is 62.5 Å². The predicted octanol–water partition coefficient (Wildman–Crippen LogP) is 3.62. The van der Waals surface area contributed by atoms with Gasteiger partial charge in [-0.25, -0.2) is 4.39 Å². The number of nitrogens with one attached hydrogen (secondary N) is 1. The number of nitrogens with zero attached hydrogens (tertiary/aromatic N) is 3. The lowest BCUT2D eigenvalue weighted by molar-refractivity contribution is -0.115. The highest BCUT2D eigenvalue weighted by Gasteiger charge is 2.26. The van der Waals surface area contributed by atoms with Gasteiger partial charge in [-0.15, -0.1) is 0 Å². The third kappa shape index (κ3) is 5.69. The van der Waals surface area contributed by atoms with E-state index in [-0.39, 0.29) is 17.7 Å². The van der Waals surface area contributed by atoms with Crippen molar-refractivity contribution in [3.63, 3.8) is 0 Å². The number of benzene rings is 2. The first kappa shape index (κ1) is 24.2. The first-order valence-corrected chi connectivity index (χ1v) is 11.4. The first-order chi connectivity index (χ1) is 15.9. The molecule has 0 saturated carbocycles. The molecular formula is C25H31FN4O3. The Kier molecular flexibility index (Phi) is 8.03. The van der Waals surface area contributed by atoms with Gasteiger partial charge in [0.2, 0.25) is 5.91 Å². The number of rotatable bonds is 7. The number of amides is 3. The van der Waals surface area contributed by atoms with Crippen molar-refractivity contribution in [2.24, 2.45) is 0 Å². The van der Waals surface area contributed by atoms with Crippen LogP contribution < -0.4 is 10.2 Å². The minimum Gasteiger partial charge on any atom is -0.367 e. The topological polar surface area (TPSA) is 73.0 Å². The van der Waals surface area contributed by atoms with Crippen LogP contribution in [0, 0.1) is 5.82 Å². The van der Waals surface area contributed by atoms with Gasteiger partial charge in [-0.05, 0) is 50.2 Å². The second-order valence-electron chi connectivity index (χ2n) is 7.90. The Morgan fingerprint density at radius 2 is 1.67 bits per heavy atom. The lowest BCUT2D eigenvalue weighted by atomic mass is 10.1. The Morgan fingerprint density at radius 3 is 2.27 bits per heavy atom. The SMILES string of the molecule is CCC(=O)Nc1ccc(N2CCN(C(=O)c3cccc(F)c3)CC2)c(C(=O)N(CC)CC)c1. The van der Waals surface area contributed by atoms with Crippen molar-refractivity contribution in [3.05, 3.63) is 59.4 Å². The van der Waals surface area contributed by atoms with E-state index < -0.39 is 5.82 Å². The van der Waals surface area contributed by atoms with Crippen molar-refractivity contribution < 1.29 is 18.8 Å². The quantitative estimate of drug-likeness (QED) is 0.694. The average Bonchev–Trinajstić information content (AvgIpc) is 2.84. The summed E-state index contributed by atoms with van der Waals surface area (Å²) in [5.74, 6) is -0.852. The fourth-order valence-corrected chi connectivity index (χ4v) is 3.95. The van der Waals surface area contributed by atoms with Gasteiger partial charge in [0.15, 0.2) is 0 Å². The Labute approximate surface area is 194 Å². The van der Waals surface area contributed by atoms with Crippen LogP contribution in [0.5, 0.6) is 0 Å². The van der Waals surface area contributed by atoms with Gasteiger partial charge < -0.3 is 20.0 Å². The summed E-state index contributed by atoms with van der Waals surface area (Å²) in [6.45, 7) is 8.80. The molecule has 8 heteroatoms. The fraction of sp³-hybridized carbons (Fsp3) is 0.400. The molecule has 2 aromatic rings. The molecule has 0 radical (unpaired) electrons. The van der Waals surface area contributed by atoms with Crippen LogP contribution in [0.25, 0.3) is 0 Å². The molecule has 1 fully saturated rings. The Morgan fingerprint density at radius 1 is 0.970 bits per heavy atom. The van der Waals surface area contributed by atoms with E-state index in [0.717, 1.165) is 5.69 Å². The molecule has 1 saturated heterocycles. The van der Waals surface area contributed by atoms with Crippen molar-refractivity contribution in [2.45, 2.75) is 27.2 Å². The molecule has 1 aliphatic heterocycles. The molecule has 2 aromatic carbocycles. The molecule has 176 valence electrons. The summed E-state index contributed by atoms with van der Waals surface area (Å²) in [6.07, 6.45) is 0.350. The smallest absolute Gasteiger partial charge is 0.256 e. The highest BCUT2D eigenvalue weighted by Crippen LogP contribution is 2.27. The van der Waals surface area contributed by atoms with E-state index >= 15 is 0 Å². The normalized spacial score (nSPS) is 13.6. The van der Waals surface area contributed by atoms with E-state index in [1.54, 1.807) is 34.9 Å². The zero-order chi connectivity index (χ0) is 24.0. The van der Waals surface area contributed by atoms with Crippen LogP contribution >= 0.6 is 0 Å². The van der Waals surface area contributed by atoms with Gasteiger partial charge >= 0.3 is 0 Å². The second-order valence-corrected chi connectivity index (χ2v) is 7.90. The third-order valence-corrected chi connectivity index (χ3v) is 5.86. The maximum atomic E-state index is 13.5. The molecule has 0 unspecified atom stereocenters. The van der Waals surface area contributed by atoms with Crippen LogP contribution in [0.4, 0.5) is 15.8 Å². The molecule has 7 nitrogen and oxygen atoms in total. The molecule has 0 aliphatic carbocycles. The van der Waals surface area contributed by atoms with Crippen LogP contribution in [-0.4, -0.2) is 66.8 Å². The molecule has 0 atom stereocenters. The van der Waals surface area contributed by atoms with Gasteiger partial charge in [0.25, 0.3) is 11.8 Å². The number of halogens is 1. The zero-order valence-electron chi connectivity index (χ0n) is 19.4. The first-order valence-electron chi connectivity index (χ1n) is 11.4. The van der Waals surface area contributed by atoms with E-state index in [2.05, 4.69) is 10.2 Å². The van der Waals surface area contributed by atoms with Gasteiger partial charge in [0.05, 0.1) is 5.56 Å². The Bertz CT molecular complexity index is 1010. The highest BCUT2D eigenvalue weighted by atomic mass is 19.1. The number of anilines is 2. The molecule has 0 spiro atoms. The van der Waals surface area contributed by atoms with Gasteiger partial charge in [0.1, 0.15) is 5.82 Å². The van der Waals surface area contributed by atoms with Crippen molar-refractivity contribution in [3.8, 4) is 0 Å². The van der Waals surface area contributed by atoms with Crippen LogP contribution in [0.2, 0.25) is 0 Å². The van der Waals surface area contributed by atoms with E-state index in [1.807, 2.05) is 19.9 Å². The number of hydrogen-bond donors (Lipinski definition) is 1. The maximum Gasteiger partial charge on any atom is 0.256 e. The number of piperazine rings is 1. The fourth-order valence-electron chi connectivity index (χ4n) is 3.95. The van der Waals surface area contributed by atoms with Gasteiger partial charge in [-0.2, -0.15) is 0 Å². The summed E-state index contributed by atoms with van der Waals surface area (Å²) < 4.78 is 13.5. The lowest BCUT2D eigenvalue weighted by Crippen LogP contribution is -2.49. The van der Waals surface area contributed by atoms with Crippen molar-refractivity contribution in [2.75, 3.05) is 49.5 Å². The van der Waals surface area contributed by atoms with E-state index in [1.165, 1.54) is 18.2 Å². The average molecular weight is 455 g/mol. The number of carbonyl (C=O) groups is 3. The third-order valence-electron chi connectivity index (χ3n) is 5.86. The second kappa shape index (κ2) is 10.9. The molecule has 1 N–H and O–H groups in total. The zero-order valence-corrected chi connectivity index (χ0v) is 19.4. The summed E-state index contributed by atoms with van der Waals surface area (Å²) in [5, 5.41) is 2.82. The molecule has 33 heavy (non-hydrogen) atoms. The van der Waals surface area contributed by atoms with Crippen LogP contribution in [0.3, 0.4) is 0 Å². The lowest BCUT2D eigenvalue weighted by Gasteiger charge is -2.37. The molecule has 1 aliphatic rings. The van der Waals surface area contributed by atoms with Crippen LogP contribution in [-0.2, 0) is 4.79 Å². The molecule has 1 heterocycles. The van der Waals surface area contributed by atoms with Crippen molar-refractivity contribution in [1.29, 1.82) is 0 Å². The molecular weight excluding hydrogens is 423 g/mol. The van der Waals surface area contributed by atoms with Crippen molar-refractivity contribution >= 4 is 29.1 Å². The van der Waals surface area contributed by atoms with E-state index in [4.69, 9.17) is 0 Å². The molecule has 0 aromatic heterocycles. The molecule has 0 bridgehead atoms. The summed E-state index contributed by atoms with van der Waals surface area (Å²) in [7, 11) is 0. The highest BCUT2D eigenvalue weighted by molar-refractivity contribution is 6.02. The predicted molar refractivity (Wildman–Crippen MR) is 127 cm³/mol. The standard InChI is InChI=1S/C25H31FN4O3/c1-4-23(31)27-20-10-11-22(21(17-20)25(33)28(5-2)6-3)29-12-14-30(15-13-29)24(32)18-8-7-9-19(26)16-18/h7-11,16-17H,4-6,12-15H2,1-3H3,(H,27,31).